The number of carbonyl (C=O) groups excluding carboxylic acids is 2. The van der Waals surface area contributed by atoms with Crippen molar-refractivity contribution in [2.75, 3.05) is 0 Å². The number of nitrogens with two attached hydrogens (primary N) is 2. The Balaban J connectivity index is 2.99. The molecule has 1 heterocycles. The maximum Gasteiger partial charge on any atom is 0.372 e. The van der Waals surface area contributed by atoms with Crippen LogP contribution in [0.4, 0.5) is 0 Å². The van der Waals surface area contributed by atoms with E-state index in [4.69, 9.17) is 11.7 Å². The number of hydrogen-bond donors (Lipinski definition) is 2. The highest BCUT2D eigenvalue weighted by molar-refractivity contribution is 6.07. The van der Waals surface area contributed by atoms with Crippen LogP contribution in [0, 0.1) is 10.1 Å². The van der Waals surface area contributed by atoms with Crippen molar-refractivity contribution in [2.45, 2.75) is 6.04 Å². The first-order valence-corrected chi connectivity index (χ1v) is 2.77. The lowest BCUT2D eigenvalue weighted by atomic mass is 10.3. The number of nitrogens with zero attached hydrogens (tertiary/aromatic N) is 3. The molecule has 0 bridgehead atoms. The Kier molecular flexibility index (Phi) is 1.66. The van der Waals surface area contributed by atoms with E-state index in [0.29, 0.717) is 0 Å². The zero-order valence-electron chi connectivity index (χ0n) is 5.71. The maximum absolute atomic E-state index is 10.8. The van der Waals surface area contributed by atoms with Crippen molar-refractivity contribution in [2.24, 2.45) is 11.7 Å². The van der Waals surface area contributed by atoms with Gasteiger partial charge in [-0.05, 0) is 0 Å². The summed E-state index contributed by atoms with van der Waals surface area (Å²) < 4.78 is 0. The molecule has 2 amide bonds. The van der Waals surface area contributed by atoms with Gasteiger partial charge in [-0.2, -0.15) is 10.2 Å². The molecule has 0 atom stereocenters. The first-order chi connectivity index (χ1) is 5.46. The molecule has 1 fully saturated rings. The number of hydrogen-bond acceptors (Lipinski definition) is 6. The third-order valence-electron chi connectivity index (χ3n) is 1.36. The van der Waals surface area contributed by atoms with Gasteiger partial charge in [-0.1, -0.05) is 0 Å². The summed E-state index contributed by atoms with van der Waals surface area (Å²) in [6, 6.07) is -2.00. The second kappa shape index (κ2) is 2.39. The van der Waals surface area contributed by atoms with Crippen molar-refractivity contribution in [3.8, 4) is 0 Å². The monoisotopic (exact) mass is 175 g/mol. The lowest BCUT2D eigenvalue weighted by molar-refractivity contribution is -0.493. The number of rotatable bonds is 1. The highest BCUT2D eigenvalue weighted by Crippen LogP contribution is 2.08. The molecule has 1 aliphatic heterocycles. The lowest BCUT2D eigenvalue weighted by Gasteiger charge is -2.13. The molecule has 4 N–H and O–H groups in total. The molecule has 12 heavy (non-hydrogen) atoms. The number of carbonyl (C=O) groups is 2. The van der Waals surface area contributed by atoms with E-state index in [1.807, 2.05) is 0 Å². The van der Waals surface area contributed by atoms with Crippen molar-refractivity contribution in [1.29, 1.82) is 0 Å². The highest BCUT2D eigenvalue weighted by atomic mass is 16.6. The van der Waals surface area contributed by atoms with Crippen molar-refractivity contribution < 1.29 is 14.5 Å². The van der Waals surface area contributed by atoms with Crippen LogP contribution in [0.25, 0.3) is 0 Å². The Labute approximate surface area is 65.5 Å². The predicted octanol–water partition coefficient (Wildman–Crippen LogP) is -3.04. The van der Waals surface area contributed by atoms with Gasteiger partial charge in [0.25, 0.3) is 0 Å². The Morgan fingerprint density at radius 3 is 1.75 bits per heavy atom. The molecule has 0 aromatic heterocycles. The van der Waals surface area contributed by atoms with Crippen LogP contribution in [0.3, 0.4) is 0 Å². The van der Waals surface area contributed by atoms with Gasteiger partial charge in [0.2, 0.25) is 0 Å². The molecule has 0 spiro atoms. The fourth-order valence-corrected chi connectivity index (χ4v) is 0.749. The van der Waals surface area contributed by atoms with Gasteiger partial charge in [-0.25, -0.2) is 11.7 Å². The van der Waals surface area contributed by atoms with Crippen LogP contribution >= 0.6 is 0 Å². The molecule has 0 aromatic carbocycles. The highest BCUT2D eigenvalue weighted by Gasteiger charge is 2.52. The summed E-state index contributed by atoms with van der Waals surface area (Å²) in [5.74, 6) is 7.51. The molecule has 1 aliphatic rings. The van der Waals surface area contributed by atoms with Crippen molar-refractivity contribution in [1.82, 2.24) is 10.2 Å². The average molecular weight is 175 g/mol. The van der Waals surface area contributed by atoms with Crippen LogP contribution in [-0.4, -0.2) is 33.0 Å². The molecule has 9 nitrogen and oxygen atoms in total. The second-order valence-electron chi connectivity index (χ2n) is 2.05. The van der Waals surface area contributed by atoms with Crippen LogP contribution in [0.5, 0.6) is 0 Å². The van der Waals surface area contributed by atoms with E-state index in [0.717, 1.165) is 0 Å². The first kappa shape index (κ1) is 8.36. The zero-order valence-corrected chi connectivity index (χ0v) is 5.71. The summed E-state index contributed by atoms with van der Waals surface area (Å²) >= 11 is 0. The van der Waals surface area contributed by atoms with Crippen LogP contribution in [0.15, 0.2) is 0 Å². The first-order valence-electron chi connectivity index (χ1n) is 2.77. The van der Waals surface area contributed by atoms with Gasteiger partial charge >= 0.3 is 17.9 Å². The number of amides is 2. The smallest absolute Gasteiger partial charge is 0.263 e. The predicted molar refractivity (Wildman–Crippen MR) is 32.8 cm³/mol. The molecule has 66 valence electrons. The molecule has 0 unspecified atom stereocenters. The van der Waals surface area contributed by atoms with Gasteiger partial charge < -0.3 is 0 Å². The molecule has 1 saturated heterocycles. The third-order valence-corrected chi connectivity index (χ3v) is 1.36. The van der Waals surface area contributed by atoms with E-state index >= 15 is 0 Å². The molecule has 9 heteroatoms. The lowest BCUT2D eigenvalue weighted by Crippen LogP contribution is -2.49. The molecule has 0 radical (unpaired) electrons. The molecular formula is C3H5N5O4. The van der Waals surface area contributed by atoms with Gasteiger partial charge in [0, 0.05) is 4.92 Å². The Hall–Kier alpha value is -1.74. The minimum absolute atomic E-state index is 0.204. The van der Waals surface area contributed by atoms with Crippen molar-refractivity contribution in [3.05, 3.63) is 10.1 Å². The number of hydrazine groups is 3. The zero-order chi connectivity index (χ0) is 9.46. The fourth-order valence-electron chi connectivity index (χ4n) is 0.749. The summed E-state index contributed by atoms with van der Waals surface area (Å²) in [5, 5.41) is 10.5. The summed E-state index contributed by atoms with van der Waals surface area (Å²) in [6.45, 7) is 0. The number of nitro groups is 1. The van der Waals surface area contributed by atoms with Gasteiger partial charge in [-0.15, -0.1) is 0 Å². The Morgan fingerprint density at radius 2 is 1.58 bits per heavy atom. The third kappa shape index (κ3) is 0.879. The van der Waals surface area contributed by atoms with Crippen LogP contribution in [-0.2, 0) is 9.59 Å². The van der Waals surface area contributed by atoms with Crippen LogP contribution in [0.2, 0.25) is 0 Å². The summed E-state index contributed by atoms with van der Waals surface area (Å²) in [7, 11) is 0. The van der Waals surface area contributed by atoms with E-state index in [1.54, 1.807) is 0 Å². The van der Waals surface area contributed by atoms with Crippen molar-refractivity contribution in [3.63, 3.8) is 0 Å². The molecule has 0 aromatic rings. The van der Waals surface area contributed by atoms with E-state index in [1.165, 1.54) is 0 Å². The van der Waals surface area contributed by atoms with Crippen molar-refractivity contribution >= 4 is 11.8 Å². The normalized spacial score (nSPS) is 19.2. The SMILES string of the molecule is NN1C(=O)C([N+](=O)[O-])C(=O)N1N. The van der Waals surface area contributed by atoms with Gasteiger partial charge in [0.1, 0.15) is 0 Å². The maximum atomic E-state index is 10.8. The fraction of sp³-hybridized carbons (Fsp3) is 0.333. The second-order valence-corrected chi connectivity index (χ2v) is 2.05. The Bertz CT molecular complexity index is 243. The minimum atomic E-state index is -2.00. The summed E-state index contributed by atoms with van der Waals surface area (Å²) in [5.41, 5.74) is 0. The van der Waals surface area contributed by atoms with E-state index in [2.05, 4.69) is 0 Å². The van der Waals surface area contributed by atoms with E-state index in [9.17, 15) is 19.7 Å². The van der Waals surface area contributed by atoms with E-state index in [-0.39, 0.29) is 10.2 Å². The molecular weight excluding hydrogens is 170 g/mol. The Morgan fingerprint density at radius 1 is 1.25 bits per heavy atom. The average Bonchev–Trinajstić information content (AvgIpc) is 2.16. The molecule has 0 aliphatic carbocycles. The molecule has 1 rings (SSSR count). The minimum Gasteiger partial charge on any atom is -0.263 e. The quantitative estimate of drug-likeness (QED) is 0.143. The topological polar surface area (TPSA) is 136 Å². The van der Waals surface area contributed by atoms with Crippen LogP contribution in [0.1, 0.15) is 0 Å². The van der Waals surface area contributed by atoms with Crippen LogP contribution < -0.4 is 11.7 Å². The molecule has 0 saturated carbocycles. The standard InChI is InChI=1S/C3H5N5O4/c4-6-2(9)1(8(11)12)3(10)7(6)5/h1H,4-5H2. The summed E-state index contributed by atoms with van der Waals surface area (Å²) in [6.07, 6.45) is 0. The largest absolute Gasteiger partial charge is 0.372 e. The van der Waals surface area contributed by atoms with Gasteiger partial charge in [-0.3, -0.25) is 19.7 Å². The van der Waals surface area contributed by atoms with E-state index < -0.39 is 22.8 Å². The van der Waals surface area contributed by atoms with Gasteiger partial charge in [0.15, 0.2) is 0 Å². The van der Waals surface area contributed by atoms with Gasteiger partial charge in [0.05, 0.1) is 0 Å². The summed E-state index contributed by atoms with van der Waals surface area (Å²) in [4.78, 5) is 30.6.